The van der Waals surface area contributed by atoms with Gasteiger partial charge >= 0.3 is 0 Å². The maximum Gasteiger partial charge on any atom is 0.247 e. The monoisotopic (exact) mass is 406 g/mol. The van der Waals surface area contributed by atoms with E-state index < -0.39 is 18.4 Å². The van der Waals surface area contributed by atoms with Crippen molar-refractivity contribution in [3.8, 4) is 5.88 Å². The molecule has 0 saturated heterocycles. The van der Waals surface area contributed by atoms with Crippen LogP contribution in [0.1, 0.15) is 24.1 Å². The van der Waals surface area contributed by atoms with Gasteiger partial charge in [0.15, 0.2) is 0 Å². The average Bonchev–Trinajstić information content (AvgIpc) is 2.70. The van der Waals surface area contributed by atoms with Gasteiger partial charge in [-0.2, -0.15) is 0 Å². The second kappa shape index (κ2) is 12.4. The van der Waals surface area contributed by atoms with Crippen molar-refractivity contribution in [3.05, 3.63) is 59.3 Å². The zero-order valence-electron chi connectivity index (χ0n) is 17.2. The van der Waals surface area contributed by atoms with Crippen LogP contribution in [0, 0.1) is 12.7 Å². The number of carbonyl (C=O) groups excluding carboxylic acids is 1. The largest absolute Gasteiger partial charge is 0.481 e. The van der Waals surface area contributed by atoms with Gasteiger partial charge in [-0.25, -0.2) is 13.8 Å². The highest BCUT2D eigenvalue weighted by atomic mass is 19.1. The fraction of sp³-hybridized carbons (Fsp3) is 0.381. The number of halogens is 2. The van der Waals surface area contributed by atoms with Crippen molar-refractivity contribution in [3.63, 3.8) is 0 Å². The van der Waals surface area contributed by atoms with E-state index in [0.29, 0.717) is 30.0 Å². The standard InChI is InChI=1S/C21H28F2N4O2/c1-15(20(28)25-11-9-22)12-18(8-6-7-10-24-3)27(4)14-17-13-19(23)16(2)26-21(17)29-5/h7-8,10,13H,1,3,6,9,11-12,14H2,2,4-5H3,(H,25,28)/b10-7-,18-8?. The zero-order chi connectivity index (χ0) is 21.8. The van der Waals surface area contributed by atoms with E-state index in [9.17, 15) is 13.6 Å². The van der Waals surface area contributed by atoms with Gasteiger partial charge in [-0.05, 0) is 26.1 Å². The Labute approximate surface area is 170 Å². The first kappa shape index (κ1) is 24.0. The van der Waals surface area contributed by atoms with Crippen LogP contribution in [0.25, 0.3) is 0 Å². The van der Waals surface area contributed by atoms with Crippen LogP contribution in [0.15, 0.2) is 47.3 Å². The van der Waals surface area contributed by atoms with Gasteiger partial charge in [-0.1, -0.05) is 18.7 Å². The quantitative estimate of drug-likeness (QED) is 0.426. The number of aliphatic imine (C=N–C) groups is 1. The van der Waals surface area contributed by atoms with Crippen molar-refractivity contribution < 1.29 is 18.3 Å². The Balaban J connectivity index is 3.04. The molecule has 1 rings (SSSR count). The van der Waals surface area contributed by atoms with Gasteiger partial charge in [0, 0.05) is 49.6 Å². The van der Waals surface area contributed by atoms with Crippen molar-refractivity contribution in [1.29, 1.82) is 0 Å². The Morgan fingerprint density at radius 2 is 2.21 bits per heavy atom. The third-order valence-corrected chi connectivity index (χ3v) is 4.08. The Morgan fingerprint density at radius 1 is 1.48 bits per heavy atom. The summed E-state index contributed by atoms with van der Waals surface area (Å²) in [4.78, 5) is 21.7. The Bertz CT molecular complexity index is 791. The van der Waals surface area contributed by atoms with Gasteiger partial charge in [0.25, 0.3) is 0 Å². The third kappa shape index (κ3) is 7.85. The molecule has 1 aromatic rings. The molecule has 0 radical (unpaired) electrons. The van der Waals surface area contributed by atoms with E-state index >= 15 is 0 Å². The Hall–Kier alpha value is -3.03. The fourth-order valence-corrected chi connectivity index (χ4v) is 2.53. The number of carbonyl (C=O) groups is 1. The number of pyridine rings is 1. The lowest BCUT2D eigenvalue weighted by molar-refractivity contribution is -0.117. The molecular weight excluding hydrogens is 378 g/mol. The maximum atomic E-state index is 14.0. The van der Waals surface area contributed by atoms with Crippen molar-refractivity contribution in [2.75, 3.05) is 27.4 Å². The molecule has 0 atom stereocenters. The predicted molar refractivity (Wildman–Crippen MR) is 111 cm³/mol. The van der Waals surface area contributed by atoms with Crippen LogP contribution in [-0.2, 0) is 11.3 Å². The first-order chi connectivity index (χ1) is 13.8. The number of alkyl halides is 1. The minimum absolute atomic E-state index is 0.0635. The summed E-state index contributed by atoms with van der Waals surface area (Å²) >= 11 is 0. The molecule has 1 aromatic heterocycles. The topological polar surface area (TPSA) is 66.8 Å². The number of nitrogens with one attached hydrogen (secondary N) is 1. The van der Waals surface area contributed by atoms with E-state index in [4.69, 9.17) is 4.74 Å². The lowest BCUT2D eigenvalue weighted by atomic mass is 10.1. The first-order valence-corrected chi connectivity index (χ1v) is 9.07. The highest BCUT2D eigenvalue weighted by Gasteiger charge is 2.16. The minimum Gasteiger partial charge on any atom is -0.481 e. The number of methoxy groups -OCH3 is 1. The summed E-state index contributed by atoms with van der Waals surface area (Å²) in [7, 11) is 3.29. The molecule has 0 spiro atoms. The number of nitrogens with zero attached hydrogens (tertiary/aromatic N) is 3. The lowest BCUT2D eigenvalue weighted by Crippen LogP contribution is -2.28. The summed E-state index contributed by atoms with van der Waals surface area (Å²) in [5, 5.41) is 2.46. The van der Waals surface area contributed by atoms with Gasteiger partial charge in [0.1, 0.15) is 12.5 Å². The van der Waals surface area contributed by atoms with E-state index in [-0.39, 0.29) is 18.7 Å². The number of aromatic nitrogens is 1. The predicted octanol–water partition coefficient (Wildman–Crippen LogP) is 3.49. The number of allylic oxidation sites excluding steroid dienone is 3. The normalized spacial score (nSPS) is 11.4. The highest BCUT2D eigenvalue weighted by Crippen LogP contribution is 2.23. The summed E-state index contributed by atoms with van der Waals surface area (Å²) in [5.74, 6) is -0.494. The van der Waals surface area contributed by atoms with Gasteiger partial charge in [-0.3, -0.25) is 9.79 Å². The van der Waals surface area contributed by atoms with Crippen LogP contribution in [0.4, 0.5) is 8.78 Å². The summed E-state index contributed by atoms with van der Waals surface area (Å²) in [6.45, 7) is 8.34. The summed E-state index contributed by atoms with van der Waals surface area (Å²) < 4.78 is 31.5. The molecule has 0 fully saturated rings. The molecule has 1 N–H and O–H groups in total. The van der Waals surface area contributed by atoms with Gasteiger partial charge in [0.05, 0.1) is 12.8 Å². The number of rotatable bonds is 12. The van der Waals surface area contributed by atoms with Crippen LogP contribution in [0.3, 0.4) is 0 Å². The second-order valence-electron chi connectivity index (χ2n) is 6.30. The maximum absolute atomic E-state index is 14.0. The van der Waals surface area contributed by atoms with E-state index in [2.05, 4.69) is 28.6 Å². The minimum atomic E-state index is -0.646. The molecule has 0 aromatic carbocycles. The van der Waals surface area contributed by atoms with Crippen LogP contribution in [0.5, 0.6) is 5.88 Å². The van der Waals surface area contributed by atoms with Crippen LogP contribution in [-0.4, -0.2) is 49.9 Å². The zero-order valence-corrected chi connectivity index (χ0v) is 17.2. The Morgan fingerprint density at radius 3 is 2.83 bits per heavy atom. The van der Waals surface area contributed by atoms with E-state index in [1.54, 1.807) is 19.2 Å². The third-order valence-electron chi connectivity index (χ3n) is 4.08. The van der Waals surface area contributed by atoms with E-state index in [1.807, 2.05) is 18.0 Å². The molecule has 8 heteroatoms. The first-order valence-electron chi connectivity index (χ1n) is 9.07. The number of ether oxygens (including phenoxy) is 1. The van der Waals surface area contributed by atoms with Crippen LogP contribution in [0.2, 0.25) is 0 Å². The van der Waals surface area contributed by atoms with Gasteiger partial charge < -0.3 is 15.0 Å². The van der Waals surface area contributed by atoms with Gasteiger partial charge in [0.2, 0.25) is 11.8 Å². The molecular formula is C21H28F2N4O2. The Kier molecular flexibility index (Phi) is 10.3. The van der Waals surface area contributed by atoms with Crippen molar-refractivity contribution in [1.82, 2.24) is 15.2 Å². The SMILES string of the molecule is C=N/C=C\CC=C(CC(=C)C(=O)NCCF)N(C)Cc1cc(F)c(C)nc1OC. The summed E-state index contributed by atoms with van der Waals surface area (Å²) in [6, 6.07) is 1.39. The molecule has 29 heavy (non-hydrogen) atoms. The van der Waals surface area contributed by atoms with Crippen LogP contribution >= 0.6 is 0 Å². The molecule has 0 unspecified atom stereocenters. The molecule has 1 heterocycles. The summed E-state index contributed by atoms with van der Waals surface area (Å²) in [6.07, 6.45) is 6.07. The molecule has 158 valence electrons. The molecule has 0 aliphatic rings. The molecule has 6 nitrogen and oxygen atoms in total. The van der Waals surface area contributed by atoms with Crippen LogP contribution < -0.4 is 10.1 Å². The number of hydrogen-bond donors (Lipinski definition) is 1. The molecule has 0 bridgehead atoms. The second-order valence-corrected chi connectivity index (χ2v) is 6.30. The molecule has 0 saturated carbocycles. The van der Waals surface area contributed by atoms with Crippen molar-refractivity contribution in [2.24, 2.45) is 4.99 Å². The molecule has 1 amide bonds. The average molecular weight is 406 g/mol. The number of amides is 1. The van der Waals surface area contributed by atoms with Crippen molar-refractivity contribution >= 4 is 12.6 Å². The smallest absolute Gasteiger partial charge is 0.247 e. The van der Waals surface area contributed by atoms with E-state index in [0.717, 1.165) is 5.70 Å². The molecule has 0 aliphatic carbocycles. The molecule has 0 aliphatic heterocycles. The van der Waals surface area contributed by atoms with Gasteiger partial charge in [-0.15, -0.1) is 0 Å². The van der Waals surface area contributed by atoms with E-state index in [1.165, 1.54) is 13.2 Å². The highest BCUT2D eigenvalue weighted by molar-refractivity contribution is 5.93. The van der Waals surface area contributed by atoms with Crippen molar-refractivity contribution in [2.45, 2.75) is 26.3 Å². The fourth-order valence-electron chi connectivity index (χ4n) is 2.53. The number of aryl methyl sites for hydroxylation is 1. The summed E-state index contributed by atoms with van der Waals surface area (Å²) in [5.41, 5.74) is 1.90. The lowest BCUT2D eigenvalue weighted by Gasteiger charge is -2.24. The number of hydrogen-bond acceptors (Lipinski definition) is 5.